The second-order valence-electron chi connectivity index (χ2n) is 5.84. The van der Waals surface area contributed by atoms with E-state index in [1.807, 2.05) is 32.9 Å². The Kier molecular flexibility index (Phi) is 4.94. The Bertz CT molecular complexity index is 915. The third-order valence-electron chi connectivity index (χ3n) is 3.78. The lowest BCUT2D eigenvalue weighted by Gasteiger charge is -2.10. The van der Waals surface area contributed by atoms with E-state index in [4.69, 9.17) is 0 Å². The second-order valence-corrected chi connectivity index (χ2v) is 6.78. The molecule has 25 heavy (non-hydrogen) atoms. The van der Waals surface area contributed by atoms with Crippen LogP contribution in [0.4, 0.5) is 4.39 Å². The molecule has 0 saturated heterocycles. The van der Waals surface area contributed by atoms with E-state index >= 15 is 0 Å². The maximum absolute atomic E-state index is 13.4. The number of carbonyl (C=O) groups excluding carboxylic acids is 1. The molecule has 0 spiro atoms. The van der Waals surface area contributed by atoms with Gasteiger partial charge in [0.25, 0.3) is 0 Å². The minimum Gasteiger partial charge on any atom is -0.293 e. The average molecular weight is 356 g/mol. The summed E-state index contributed by atoms with van der Waals surface area (Å²) in [6.45, 7) is 5.89. The number of rotatable bonds is 5. The Balaban J connectivity index is 1.79. The summed E-state index contributed by atoms with van der Waals surface area (Å²) in [6.07, 6.45) is 0. The molecule has 2 aromatic carbocycles. The largest absolute Gasteiger partial charge is 0.293 e. The smallest absolute Gasteiger partial charge is 0.214 e. The molecular formula is C18H17FN4OS. The van der Waals surface area contributed by atoms with Gasteiger partial charge in [0.15, 0.2) is 5.78 Å². The molecule has 0 N–H and O–H groups in total. The molecule has 0 radical (unpaired) electrons. The highest BCUT2D eigenvalue weighted by Gasteiger charge is 2.16. The predicted octanol–water partition coefficient (Wildman–Crippen LogP) is 3.70. The van der Waals surface area contributed by atoms with Gasteiger partial charge in [-0.1, -0.05) is 35.5 Å². The van der Waals surface area contributed by atoms with Gasteiger partial charge >= 0.3 is 0 Å². The van der Waals surface area contributed by atoms with Crippen molar-refractivity contribution in [1.29, 1.82) is 0 Å². The Labute approximate surface area is 149 Å². The van der Waals surface area contributed by atoms with Gasteiger partial charge in [-0.05, 0) is 60.5 Å². The van der Waals surface area contributed by atoms with Gasteiger partial charge in [-0.15, -0.1) is 5.10 Å². The number of aromatic nitrogens is 4. The van der Waals surface area contributed by atoms with E-state index in [2.05, 4.69) is 15.5 Å². The van der Waals surface area contributed by atoms with Crippen LogP contribution in [-0.2, 0) is 0 Å². The highest BCUT2D eigenvalue weighted by Crippen LogP contribution is 2.23. The summed E-state index contributed by atoms with van der Waals surface area (Å²) >= 11 is 1.23. The fourth-order valence-electron chi connectivity index (χ4n) is 2.86. The van der Waals surface area contributed by atoms with Gasteiger partial charge in [-0.25, -0.2) is 4.39 Å². The summed E-state index contributed by atoms with van der Waals surface area (Å²) in [4.78, 5) is 12.6. The third-order valence-corrected chi connectivity index (χ3v) is 4.70. The van der Waals surface area contributed by atoms with Crippen molar-refractivity contribution in [3.63, 3.8) is 0 Å². The number of carbonyl (C=O) groups is 1. The van der Waals surface area contributed by atoms with Crippen molar-refractivity contribution in [3.05, 3.63) is 64.5 Å². The number of halogens is 1. The molecule has 0 aliphatic heterocycles. The molecule has 0 atom stereocenters. The average Bonchev–Trinajstić information content (AvgIpc) is 3.00. The van der Waals surface area contributed by atoms with Gasteiger partial charge in [0.1, 0.15) is 5.82 Å². The standard InChI is InChI=1S/C18H17FN4OS/c1-11-7-12(2)17(13(3)8-11)16(24)10-25-18-20-21-22-23(18)15-6-4-5-14(19)9-15/h4-9H,10H2,1-3H3. The first-order valence-corrected chi connectivity index (χ1v) is 8.72. The molecule has 0 fully saturated rings. The number of thioether (sulfide) groups is 1. The summed E-state index contributed by atoms with van der Waals surface area (Å²) < 4.78 is 14.8. The summed E-state index contributed by atoms with van der Waals surface area (Å²) in [7, 11) is 0. The van der Waals surface area contributed by atoms with Crippen LogP contribution in [0.3, 0.4) is 0 Å². The molecule has 0 unspecified atom stereocenters. The molecule has 0 bridgehead atoms. The van der Waals surface area contributed by atoms with Crippen molar-refractivity contribution in [2.24, 2.45) is 0 Å². The zero-order valence-corrected chi connectivity index (χ0v) is 15.0. The van der Waals surface area contributed by atoms with Gasteiger partial charge < -0.3 is 0 Å². The Morgan fingerprint density at radius 1 is 1.16 bits per heavy atom. The van der Waals surface area contributed by atoms with Crippen molar-refractivity contribution >= 4 is 17.5 Å². The highest BCUT2D eigenvalue weighted by molar-refractivity contribution is 7.99. The van der Waals surface area contributed by atoms with Crippen molar-refractivity contribution in [2.75, 3.05) is 5.75 Å². The molecule has 0 aliphatic carbocycles. The molecule has 1 aromatic heterocycles. The van der Waals surface area contributed by atoms with E-state index in [0.29, 0.717) is 10.8 Å². The lowest BCUT2D eigenvalue weighted by atomic mass is 9.97. The fraction of sp³-hybridized carbons (Fsp3) is 0.222. The zero-order valence-electron chi connectivity index (χ0n) is 14.2. The SMILES string of the molecule is Cc1cc(C)c(C(=O)CSc2nnnn2-c2cccc(F)c2)c(C)c1. The number of ketones is 1. The van der Waals surface area contributed by atoms with Crippen LogP contribution < -0.4 is 0 Å². The maximum Gasteiger partial charge on any atom is 0.214 e. The van der Waals surface area contributed by atoms with Crippen LogP contribution in [0.15, 0.2) is 41.6 Å². The van der Waals surface area contributed by atoms with Gasteiger partial charge in [-0.3, -0.25) is 4.79 Å². The summed E-state index contributed by atoms with van der Waals surface area (Å²) in [5, 5.41) is 11.9. The fourth-order valence-corrected chi connectivity index (χ4v) is 3.62. The number of Topliss-reactive ketones (excluding diaryl/α,β-unsaturated/α-hetero) is 1. The van der Waals surface area contributed by atoms with E-state index in [1.54, 1.807) is 12.1 Å². The number of benzene rings is 2. The monoisotopic (exact) mass is 356 g/mol. The van der Waals surface area contributed by atoms with Crippen LogP contribution in [0.5, 0.6) is 0 Å². The van der Waals surface area contributed by atoms with Gasteiger partial charge in [0.05, 0.1) is 11.4 Å². The molecule has 0 saturated carbocycles. The molecule has 0 aliphatic rings. The first-order chi connectivity index (χ1) is 12.0. The number of nitrogens with zero attached hydrogens (tertiary/aromatic N) is 4. The topological polar surface area (TPSA) is 60.7 Å². The third kappa shape index (κ3) is 3.76. The minimum absolute atomic E-state index is 0.0220. The highest BCUT2D eigenvalue weighted by atomic mass is 32.2. The Morgan fingerprint density at radius 3 is 2.56 bits per heavy atom. The van der Waals surface area contributed by atoms with E-state index in [-0.39, 0.29) is 17.4 Å². The molecular weight excluding hydrogens is 339 g/mol. The molecule has 128 valence electrons. The zero-order chi connectivity index (χ0) is 18.0. The van der Waals surface area contributed by atoms with Crippen LogP contribution in [0, 0.1) is 26.6 Å². The number of tetrazole rings is 1. The molecule has 5 nitrogen and oxygen atoms in total. The summed E-state index contributed by atoms with van der Waals surface area (Å²) in [5.41, 5.74) is 4.32. The minimum atomic E-state index is -0.370. The maximum atomic E-state index is 13.4. The van der Waals surface area contributed by atoms with Crippen LogP contribution in [0.1, 0.15) is 27.0 Å². The molecule has 3 aromatic rings. The summed E-state index contributed by atoms with van der Waals surface area (Å²) in [6, 6.07) is 10.00. The van der Waals surface area contributed by atoms with Crippen molar-refractivity contribution < 1.29 is 9.18 Å². The quantitative estimate of drug-likeness (QED) is 0.515. The van der Waals surface area contributed by atoms with Crippen LogP contribution >= 0.6 is 11.8 Å². The van der Waals surface area contributed by atoms with Crippen LogP contribution in [0.2, 0.25) is 0 Å². The van der Waals surface area contributed by atoms with Crippen LogP contribution in [-0.4, -0.2) is 31.7 Å². The molecule has 7 heteroatoms. The first kappa shape index (κ1) is 17.3. The van der Waals surface area contributed by atoms with E-state index < -0.39 is 0 Å². The summed E-state index contributed by atoms with van der Waals surface area (Å²) in [5.74, 6) is -0.139. The van der Waals surface area contributed by atoms with Gasteiger partial charge in [0.2, 0.25) is 5.16 Å². The van der Waals surface area contributed by atoms with E-state index in [9.17, 15) is 9.18 Å². The van der Waals surface area contributed by atoms with E-state index in [1.165, 1.54) is 28.6 Å². The molecule has 3 rings (SSSR count). The molecule has 1 heterocycles. The van der Waals surface area contributed by atoms with Gasteiger partial charge in [-0.2, -0.15) is 4.68 Å². The number of aryl methyl sites for hydroxylation is 3. The number of hydrogen-bond acceptors (Lipinski definition) is 5. The van der Waals surface area contributed by atoms with Gasteiger partial charge in [0, 0.05) is 5.56 Å². The lowest BCUT2D eigenvalue weighted by Crippen LogP contribution is -2.09. The van der Waals surface area contributed by atoms with Crippen LogP contribution in [0.25, 0.3) is 5.69 Å². The molecule has 0 amide bonds. The normalized spacial score (nSPS) is 10.9. The van der Waals surface area contributed by atoms with Crippen molar-refractivity contribution in [3.8, 4) is 5.69 Å². The van der Waals surface area contributed by atoms with Crippen molar-refractivity contribution in [1.82, 2.24) is 20.2 Å². The number of hydrogen-bond donors (Lipinski definition) is 0. The lowest BCUT2D eigenvalue weighted by molar-refractivity contribution is 0.102. The predicted molar refractivity (Wildman–Crippen MR) is 94.8 cm³/mol. The Hall–Kier alpha value is -2.54. The first-order valence-electron chi connectivity index (χ1n) is 7.74. The van der Waals surface area contributed by atoms with Crippen molar-refractivity contribution in [2.45, 2.75) is 25.9 Å². The Morgan fingerprint density at radius 2 is 1.88 bits per heavy atom. The van der Waals surface area contributed by atoms with E-state index in [0.717, 1.165) is 22.3 Å². The second kappa shape index (κ2) is 7.14.